The van der Waals surface area contributed by atoms with Gasteiger partial charge in [0.1, 0.15) is 5.54 Å². The van der Waals surface area contributed by atoms with Gasteiger partial charge in [0, 0.05) is 0 Å². The average molecular weight is 378 g/mol. The van der Waals surface area contributed by atoms with Gasteiger partial charge in [0.2, 0.25) is 0 Å². The predicted molar refractivity (Wildman–Crippen MR) is 95.4 cm³/mol. The molecule has 3 N–H and O–H groups in total. The topological polar surface area (TPSA) is 117 Å². The maximum absolute atomic E-state index is 13.1. The molecule has 0 aromatic rings. The van der Waals surface area contributed by atoms with E-state index in [1.165, 1.54) is 0 Å². The van der Waals surface area contributed by atoms with Crippen molar-refractivity contribution in [3.8, 4) is 0 Å². The number of carbonyl (C=O) groups is 4. The van der Waals surface area contributed by atoms with Crippen molar-refractivity contribution in [2.75, 3.05) is 13.2 Å². The summed E-state index contributed by atoms with van der Waals surface area (Å²) in [6.45, 7) is 5.31. The Balaban J connectivity index is 1.90. The maximum Gasteiger partial charge on any atom is 0.337 e. The van der Waals surface area contributed by atoms with Gasteiger partial charge >= 0.3 is 18.0 Å². The van der Waals surface area contributed by atoms with Crippen LogP contribution in [-0.2, 0) is 14.3 Å². The summed E-state index contributed by atoms with van der Waals surface area (Å²) in [4.78, 5) is 51.0. The standard InChI is InChI=1S/C18H26N4O5/c1-4-27-14(23)13-11(3)19-16(25)20-12(13)9-22-15(24)18(21-17(22)26)8-6-5-7-10(18)2/h10-11H,4-9H2,1-3H3,(H,21,26)(H2,19,20,25)/t10-,11+,18+/m0/s1. The number of amides is 5. The second kappa shape index (κ2) is 7.21. The van der Waals surface area contributed by atoms with E-state index < -0.39 is 29.6 Å². The summed E-state index contributed by atoms with van der Waals surface area (Å²) in [6.07, 6.45) is 3.37. The van der Waals surface area contributed by atoms with E-state index >= 15 is 0 Å². The lowest BCUT2D eigenvalue weighted by atomic mass is 9.73. The SMILES string of the molecule is CCOC(=O)C1=C(CN2C(=O)N[C@@]3(CCCC[C@@H]3C)C2=O)NC(=O)N[C@@H]1C. The number of carbonyl (C=O) groups excluding carboxylic acids is 4. The van der Waals surface area contributed by atoms with Crippen molar-refractivity contribution in [2.45, 2.75) is 58.0 Å². The van der Waals surface area contributed by atoms with Gasteiger partial charge in [-0.05, 0) is 32.6 Å². The first-order valence-electron chi connectivity index (χ1n) is 9.42. The van der Waals surface area contributed by atoms with Crippen LogP contribution >= 0.6 is 0 Å². The van der Waals surface area contributed by atoms with Gasteiger partial charge in [0.15, 0.2) is 0 Å². The van der Waals surface area contributed by atoms with Crippen LogP contribution in [0.1, 0.15) is 46.5 Å². The molecule has 2 aliphatic heterocycles. The molecule has 3 atom stereocenters. The highest BCUT2D eigenvalue weighted by Crippen LogP contribution is 2.38. The monoisotopic (exact) mass is 378 g/mol. The molecule has 1 saturated heterocycles. The van der Waals surface area contributed by atoms with Crippen molar-refractivity contribution in [1.29, 1.82) is 0 Å². The van der Waals surface area contributed by atoms with Crippen LogP contribution in [0.2, 0.25) is 0 Å². The Morgan fingerprint density at radius 2 is 2.00 bits per heavy atom. The molecule has 3 rings (SSSR count). The zero-order chi connectivity index (χ0) is 19.8. The molecule has 0 radical (unpaired) electrons. The third-order valence-corrected chi connectivity index (χ3v) is 5.68. The third kappa shape index (κ3) is 3.26. The van der Waals surface area contributed by atoms with E-state index in [2.05, 4.69) is 16.0 Å². The van der Waals surface area contributed by atoms with Gasteiger partial charge in [0.05, 0.1) is 30.5 Å². The number of nitrogens with one attached hydrogen (secondary N) is 3. The van der Waals surface area contributed by atoms with Crippen molar-refractivity contribution < 1.29 is 23.9 Å². The summed E-state index contributed by atoms with van der Waals surface area (Å²) in [6, 6.07) is -1.57. The number of hydrogen-bond acceptors (Lipinski definition) is 5. The quantitative estimate of drug-likeness (QED) is 0.498. The van der Waals surface area contributed by atoms with Crippen molar-refractivity contribution in [3.63, 3.8) is 0 Å². The Morgan fingerprint density at radius 3 is 2.67 bits per heavy atom. The van der Waals surface area contributed by atoms with E-state index in [0.29, 0.717) is 6.42 Å². The highest BCUT2D eigenvalue weighted by molar-refractivity contribution is 6.07. The van der Waals surface area contributed by atoms with Crippen molar-refractivity contribution >= 4 is 23.9 Å². The van der Waals surface area contributed by atoms with Gasteiger partial charge in [-0.1, -0.05) is 19.8 Å². The summed E-state index contributed by atoms with van der Waals surface area (Å²) in [5.74, 6) is -0.844. The number of ether oxygens (including phenoxy) is 1. The first-order valence-corrected chi connectivity index (χ1v) is 9.42. The van der Waals surface area contributed by atoms with Crippen molar-refractivity contribution in [1.82, 2.24) is 20.9 Å². The lowest BCUT2D eigenvalue weighted by Gasteiger charge is -2.37. The third-order valence-electron chi connectivity index (χ3n) is 5.68. The smallest absolute Gasteiger partial charge is 0.337 e. The van der Waals surface area contributed by atoms with Crippen LogP contribution in [0.3, 0.4) is 0 Å². The van der Waals surface area contributed by atoms with Crippen LogP contribution in [0.5, 0.6) is 0 Å². The van der Waals surface area contributed by atoms with Crippen molar-refractivity contribution in [2.24, 2.45) is 5.92 Å². The lowest BCUT2D eigenvalue weighted by molar-refractivity contribution is -0.139. The molecule has 9 heteroatoms. The van der Waals surface area contributed by atoms with Gasteiger partial charge < -0.3 is 20.7 Å². The minimum atomic E-state index is -0.886. The maximum atomic E-state index is 13.1. The lowest BCUT2D eigenvalue weighted by Crippen LogP contribution is -2.54. The molecule has 1 spiro atoms. The molecule has 9 nitrogen and oxygen atoms in total. The number of rotatable bonds is 4. The molecule has 2 fully saturated rings. The number of nitrogens with zero attached hydrogens (tertiary/aromatic N) is 1. The fourth-order valence-electron chi connectivity index (χ4n) is 4.20. The Hall–Kier alpha value is -2.58. The van der Waals surface area contributed by atoms with Gasteiger partial charge in [0.25, 0.3) is 5.91 Å². The van der Waals surface area contributed by atoms with E-state index in [0.717, 1.165) is 24.2 Å². The molecule has 148 valence electrons. The van der Waals surface area contributed by atoms with Gasteiger partial charge in [-0.3, -0.25) is 9.69 Å². The van der Waals surface area contributed by atoms with Crippen LogP contribution in [0.25, 0.3) is 0 Å². The van der Waals surface area contributed by atoms with Crippen LogP contribution in [-0.4, -0.2) is 53.6 Å². The second-order valence-electron chi connectivity index (χ2n) is 7.37. The fourth-order valence-corrected chi connectivity index (χ4v) is 4.20. The molecule has 0 bridgehead atoms. The molecule has 27 heavy (non-hydrogen) atoms. The Morgan fingerprint density at radius 1 is 1.26 bits per heavy atom. The van der Waals surface area contributed by atoms with Crippen LogP contribution in [0.4, 0.5) is 9.59 Å². The number of urea groups is 2. The van der Waals surface area contributed by atoms with Crippen LogP contribution in [0, 0.1) is 5.92 Å². The van der Waals surface area contributed by atoms with E-state index in [1.54, 1.807) is 13.8 Å². The van der Waals surface area contributed by atoms with E-state index in [1.807, 2.05) is 6.92 Å². The molecular weight excluding hydrogens is 352 g/mol. The van der Waals surface area contributed by atoms with E-state index in [4.69, 9.17) is 4.74 Å². The average Bonchev–Trinajstić information content (AvgIpc) is 2.82. The van der Waals surface area contributed by atoms with Gasteiger partial charge in [-0.25, -0.2) is 14.4 Å². The summed E-state index contributed by atoms with van der Waals surface area (Å²) in [7, 11) is 0. The molecule has 3 aliphatic rings. The number of esters is 1. The Labute approximate surface area is 157 Å². The first-order chi connectivity index (χ1) is 12.8. The molecule has 0 unspecified atom stereocenters. The summed E-state index contributed by atoms with van der Waals surface area (Å²) in [5, 5.41) is 8.03. The Kier molecular flexibility index (Phi) is 5.12. The van der Waals surface area contributed by atoms with E-state index in [9.17, 15) is 19.2 Å². The minimum absolute atomic E-state index is 0.0349. The van der Waals surface area contributed by atoms with Gasteiger partial charge in [-0.2, -0.15) is 0 Å². The molecule has 1 aliphatic carbocycles. The fraction of sp³-hybridized carbons (Fsp3) is 0.667. The second-order valence-corrected chi connectivity index (χ2v) is 7.37. The molecule has 0 aromatic heterocycles. The molecule has 5 amide bonds. The summed E-state index contributed by atoms with van der Waals surface area (Å²) >= 11 is 0. The number of imide groups is 1. The number of hydrogen-bond donors (Lipinski definition) is 3. The molecular formula is C18H26N4O5. The first kappa shape index (κ1) is 19.2. The summed E-state index contributed by atoms with van der Waals surface area (Å²) in [5.41, 5.74) is -0.453. The minimum Gasteiger partial charge on any atom is -0.463 e. The predicted octanol–water partition coefficient (Wildman–Crippen LogP) is 1.01. The van der Waals surface area contributed by atoms with Gasteiger partial charge in [-0.15, -0.1) is 0 Å². The van der Waals surface area contributed by atoms with Crippen LogP contribution < -0.4 is 16.0 Å². The Bertz CT molecular complexity index is 719. The highest BCUT2D eigenvalue weighted by Gasteiger charge is 2.55. The van der Waals surface area contributed by atoms with E-state index in [-0.39, 0.29) is 36.2 Å². The molecule has 1 saturated carbocycles. The normalized spacial score (nSPS) is 30.9. The largest absolute Gasteiger partial charge is 0.463 e. The zero-order valence-electron chi connectivity index (χ0n) is 15.9. The summed E-state index contributed by atoms with van der Waals surface area (Å²) < 4.78 is 5.07. The molecule has 2 heterocycles. The van der Waals surface area contributed by atoms with Crippen molar-refractivity contribution in [3.05, 3.63) is 11.3 Å². The highest BCUT2D eigenvalue weighted by atomic mass is 16.5. The zero-order valence-corrected chi connectivity index (χ0v) is 15.9. The molecule has 0 aromatic carbocycles. The van der Waals surface area contributed by atoms with Crippen LogP contribution in [0.15, 0.2) is 11.3 Å².